The van der Waals surface area contributed by atoms with Crippen LogP contribution in [0, 0.1) is 11.7 Å². The molecule has 1 atom stereocenters. The predicted molar refractivity (Wildman–Crippen MR) is 85.2 cm³/mol. The Balaban J connectivity index is 1.87. The SMILES string of the molecule is Fc1cc([C@@H](C2CCCCC2)N2CCNCC2)ccc1Cl. The minimum atomic E-state index is -0.287. The molecule has 1 heterocycles. The van der Waals surface area contributed by atoms with E-state index >= 15 is 0 Å². The minimum Gasteiger partial charge on any atom is -0.314 e. The second-order valence-electron chi connectivity index (χ2n) is 6.30. The highest BCUT2D eigenvalue weighted by molar-refractivity contribution is 6.30. The van der Waals surface area contributed by atoms with Crippen LogP contribution in [0.25, 0.3) is 0 Å². The maximum atomic E-state index is 13.9. The zero-order valence-electron chi connectivity index (χ0n) is 12.5. The molecule has 0 bridgehead atoms. The van der Waals surface area contributed by atoms with Crippen molar-refractivity contribution in [3.05, 3.63) is 34.6 Å². The van der Waals surface area contributed by atoms with Crippen LogP contribution in [0.3, 0.4) is 0 Å². The monoisotopic (exact) mass is 310 g/mol. The van der Waals surface area contributed by atoms with Crippen LogP contribution in [-0.4, -0.2) is 31.1 Å². The predicted octanol–water partition coefficient (Wildman–Crippen LogP) is 4.01. The van der Waals surface area contributed by atoms with Crippen molar-refractivity contribution >= 4 is 11.6 Å². The maximum absolute atomic E-state index is 13.9. The summed E-state index contributed by atoms with van der Waals surface area (Å²) in [5.74, 6) is 0.363. The summed E-state index contributed by atoms with van der Waals surface area (Å²) in [5, 5.41) is 3.63. The normalized spacial score (nSPS) is 23.1. The lowest BCUT2D eigenvalue weighted by Crippen LogP contribution is -2.47. The first kappa shape index (κ1) is 15.3. The van der Waals surface area contributed by atoms with Crippen LogP contribution in [0.5, 0.6) is 0 Å². The maximum Gasteiger partial charge on any atom is 0.142 e. The van der Waals surface area contributed by atoms with Gasteiger partial charge in [-0.05, 0) is 36.5 Å². The molecular formula is C17H24ClFN2. The summed E-state index contributed by atoms with van der Waals surface area (Å²) >= 11 is 5.86. The fourth-order valence-corrected chi connectivity index (χ4v) is 4.01. The molecule has 1 aliphatic heterocycles. The fraction of sp³-hybridized carbons (Fsp3) is 0.647. The molecule has 1 aromatic rings. The van der Waals surface area contributed by atoms with E-state index in [1.54, 1.807) is 12.1 Å². The second kappa shape index (κ2) is 7.08. The van der Waals surface area contributed by atoms with Gasteiger partial charge in [0.2, 0.25) is 0 Å². The first-order valence-electron chi connectivity index (χ1n) is 8.15. The molecule has 21 heavy (non-hydrogen) atoms. The molecule has 1 aliphatic carbocycles. The van der Waals surface area contributed by atoms with Crippen LogP contribution in [0.15, 0.2) is 18.2 Å². The van der Waals surface area contributed by atoms with Crippen molar-refractivity contribution in [1.82, 2.24) is 10.2 Å². The number of hydrogen-bond donors (Lipinski definition) is 1. The van der Waals surface area contributed by atoms with Crippen molar-refractivity contribution in [3.8, 4) is 0 Å². The number of nitrogens with one attached hydrogen (secondary N) is 1. The van der Waals surface area contributed by atoms with Crippen molar-refractivity contribution in [3.63, 3.8) is 0 Å². The van der Waals surface area contributed by atoms with Gasteiger partial charge >= 0.3 is 0 Å². The molecule has 1 aromatic carbocycles. The van der Waals surface area contributed by atoms with E-state index < -0.39 is 0 Å². The number of nitrogens with zero attached hydrogens (tertiary/aromatic N) is 1. The smallest absolute Gasteiger partial charge is 0.142 e. The molecule has 0 amide bonds. The average molecular weight is 311 g/mol. The van der Waals surface area contributed by atoms with Gasteiger partial charge < -0.3 is 5.32 Å². The van der Waals surface area contributed by atoms with E-state index in [9.17, 15) is 4.39 Å². The molecule has 0 unspecified atom stereocenters. The van der Waals surface area contributed by atoms with Crippen molar-refractivity contribution in [2.45, 2.75) is 38.1 Å². The molecule has 116 valence electrons. The molecule has 0 radical (unpaired) electrons. The van der Waals surface area contributed by atoms with E-state index in [1.807, 2.05) is 6.07 Å². The average Bonchev–Trinajstić information content (AvgIpc) is 2.53. The Hall–Kier alpha value is -0.640. The lowest BCUT2D eigenvalue weighted by Gasteiger charge is -2.41. The first-order chi connectivity index (χ1) is 10.3. The number of halogens is 2. The number of piperazine rings is 1. The van der Waals surface area contributed by atoms with Gasteiger partial charge in [-0.3, -0.25) is 4.90 Å². The number of hydrogen-bond acceptors (Lipinski definition) is 2. The van der Waals surface area contributed by atoms with Crippen molar-refractivity contribution < 1.29 is 4.39 Å². The Kier molecular flexibility index (Phi) is 5.15. The van der Waals surface area contributed by atoms with Gasteiger partial charge in [-0.15, -0.1) is 0 Å². The van der Waals surface area contributed by atoms with Gasteiger partial charge in [0.1, 0.15) is 5.82 Å². The Morgan fingerprint density at radius 3 is 2.52 bits per heavy atom. The zero-order valence-corrected chi connectivity index (χ0v) is 13.2. The molecule has 2 fully saturated rings. The first-order valence-corrected chi connectivity index (χ1v) is 8.53. The third kappa shape index (κ3) is 3.58. The molecule has 0 spiro atoms. The van der Waals surface area contributed by atoms with Crippen molar-refractivity contribution in [1.29, 1.82) is 0 Å². The molecule has 2 nitrogen and oxygen atoms in total. The summed E-state index contributed by atoms with van der Waals surface area (Å²) in [6.07, 6.45) is 6.49. The Labute approximate surface area is 131 Å². The van der Waals surface area contributed by atoms with Gasteiger partial charge in [0.05, 0.1) is 5.02 Å². The molecular weight excluding hydrogens is 287 g/mol. The van der Waals surface area contributed by atoms with E-state index in [4.69, 9.17) is 11.6 Å². The highest BCUT2D eigenvalue weighted by Crippen LogP contribution is 2.39. The number of rotatable bonds is 3. The summed E-state index contributed by atoms with van der Waals surface area (Å²) in [6.45, 7) is 4.15. The van der Waals surface area contributed by atoms with Crippen LogP contribution in [-0.2, 0) is 0 Å². The van der Waals surface area contributed by atoms with E-state index in [2.05, 4.69) is 10.2 Å². The van der Waals surface area contributed by atoms with E-state index in [-0.39, 0.29) is 10.8 Å². The Morgan fingerprint density at radius 1 is 1.14 bits per heavy atom. The van der Waals surface area contributed by atoms with Crippen LogP contribution in [0.1, 0.15) is 43.7 Å². The standard InChI is InChI=1S/C17H24ClFN2/c18-15-7-6-14(12-16(15)19)17(13-4-2-1-3-5-13)21-10-8-20-9-11-21/h6-7,12-13,17,20H,1-5,8-11H2/t17-/m1/s1. The highest BCUT2D eigenvalue weighted by Gasteiger charge is 2.31. The third-order valence-electron chi connectivity index (χ3n) is 4.93. The lowest BCUT2D eigenvalue weighted by molar-refractivity contribution is 0.103. The quantitative estimate of drug-likeness (QED) is 0.907. The van der Waals surface area contributed by atoms with Crippen LogP contribution >= 0.6 is 11.6 Å². The fourth-order valence-electron chi connectivity index (χ4n) is 3.89. The summed E-state index contributed by atoms with van der Waals surface area (Å²) in [7, 11) is 0. The molecule has 1 saturated heterocycles. The summed E-state index contributed by atoms with van der Waals surface area (Å²) in [6, 6.07) is 5.74. The molecule has 1 saturated carbocycles. The third-order valence-corrected chi connectivity index (χ3v) is 5.23. The minimum absolute atomic E-state index is 0.224. The molecule has 2 aliphatic rings. The zero-order chi connectivity index (χ0) is 14.7. The largest absolute Gasteiger partial charge is 0.314 e. The Morgan fingerprint density at radius 2 is 1.86 bits per heavy atom. The topological polar surface area (TPSA) is 15.3 Å². The van der Waals surface area contributed by atoms with Crippen LogP contribution in [0.4, 0.5) is 4.39 Å². The van der Waals surface area contributed by atoms with Crippen LogP contribution in [0.2, 0.25) is 5.02 Å². The van der Waals surface area contributed by atoms with Crippen LogP contribution < -0.4 is 5.32 Å². The summed E-state index contributed by atoms with van der Waals surface area (Å²) in [4.78, 5) is 2.54. The van der Waals surface area contributed by atoms with E-state index in [0.717, 1.165) is 31.7 Å². The summed E-state index contributed by atoms with van der Waals surface area (Å²) in [5.41, 5.74) is 1.10. The van der Waals surface area contributed by atoms with E-state index in [1.165, 1.54) is 32.1 Å². The van der Waals surface area contributed by atoms with Gasteiger partial charge in [0.15, 0.2) is 0 Å². The van der Waals surface area contributed by atoms with E-state index in [0.29, 0.717) is 12.0 Å². The van der Waals surface area contributed by atoms with Crippen molar-refractivity contribution in [2.24, 2.45) is 5.92 Å². The van der Waals surface area contributed by atoms with Gasteiger partial charge in [0, 0.05) is 32.2 Å². The Bertz CT molecular complexity index is 450. The second-order valence-corrected chi connectivity index (χ2v) is 6.71. The van der Waals surface area contributed by atoms with Gasteiger partial charge in [-0.1, -0.05) is 36.9 Å². The lowest BCUT2D eigenvalue weighted by atomic mass is 9.80. The van der Waals surface area contributed by atoms with Crippen molar-refractivity contribution in [2.75, 3.05) is 26.2 Å². The molecule has 0 aromatic heterocycles. The number of benzene rings is 1. The van der Waals surface area contributed by atoms with Gasteiger partial charge in [-0.25, -0.2) is 4.39 Å². The highest BCUT2D eigenvalue weighted by atomic mass is 35.5. The summed E-state index contributed by atoms with van der Waals surface area (Å²) < 4.78 is 13.9. The molecule has 3 rings (SSSR count). The van der Waals surface area contributed by atoms with Gasteiger partial charge in [-0.2, -0.15) is 0 Å². The molecule has 1 N–H and O–H groups in total. The molecule has 4 heteroatoms. The van der Waals surface area contributed by atoms with Gasteiger partial charge in [0.25, 0.3) is 0 Å².